The Morgan fingerprint density at radius 2 is 1.61 bits per heavy atom. The first kappa shape index (κ1) is 36.1. The van der Waals surface area contributed by atoms with Crippen LogP contribution in [0.2, 0.25) is 10.0 Å². The highest BCUT2D eigenvalue weighted by atomic mass is 35.5. The summed E-state index contributed by atoms with van der Waals surface area (Å²) in [5.41, 5.74) is 2.87. The van der Waals surface area contributed by atoms with E-state index >= 15 is 0 Å². The number of anilines is 1. The fraction of sp³-hybridized carbons (Fsp3) is 0.342. The van der Waals surface area contributed by atoms with Crippen molar-refractivity contribution >= 4 is 41.0 Å². The van der Waals surface area contributed by atoms with Gasteiger partial charge in [-0.25, -0.2) is 9.59 Å². The van der Waals surface area contributed by atoms with E-state index in [9.17, 15) is 19.9 Å². The first-order valence-electron chi connectivity index (χ1n) is 16.6. The second kappa shape index (κ2) is 15.7. The van der Waals surface area contributed by atoms with Gasteiger partial charge >= 0.3 is 12.1 Å². The highest BCUT2D eigenvalue weighted by Crippen LogP contribution is 2.40. The molecule has 7 rings (SSSR count). The van der Waals surface area contributed by atoms with Crippen molar-refractivity contribution in [2.75, 3.05) is 45.9 Å². The van der Waals surface area contributed by atoms with Crippen molar-refractivity contribution in [2.45, 2.75) is 37.8 Å². The van der Waals surface area contributed by atoms with Gasteiger partial charge in [0.2, 0.25) is 12.4 Å². The van der Waals surface area contributed by atoms with Crippen LogP contribution in [0.25, 0.3) is 0 Å². The second-order valence-electron chi connectivity index (χ2n) is 12.7. The molecule has 3 aromatic carbocycles. The zero-order valence-electron chi connectivity index (χ0n) is 28.6. The molecule has 51 heavy (non-hydrogen) atoms. The van der Waals surface area contributed by atoms with Gasteiger partial charge in [0.25, 0.3) is 0 Å². The Morgan fingerprint density at radius 1 is 0.922 bits per heavy atom. The number of rotatable bonds is 12. The highest BCUT2D eigenvalue weighted by molar-refractivity contribution is 6.35. The molecule has 2 N–H and O–H groups in total. The molecule has 268 valence electrons. The van der Waals surface area contributed by atoms with E-state index < -0.39 is 18.0 Å². The lowest BCUT2D eigenvalue weighted by Gasteiger charge is -2.44. The molecule has 2 atom stereocenters. The lowest BCUT2D eigenvalue weighted by Crippen LogP contribution is -2.53. The summed E-state index contributed by atoms with van der Waals surface area (Å²) in [5, 5.41) is 20.9. The van der Waals surface area contributed by atoms with Crippen molar-refractivity contribution < 1.29 is 43.6 Å². The number of hydrogen-bond acceptors (Lipinski definition) is 8. The minimum atomic E-state index is -1.14. The third kappa shape index (κ3) is 7.80. The van der Waals surface area contributed by atoms with Gasteiger partial charge in [-0.05, 0) is 85.3 Å². The van der Waals surface area contributed by atoms with E-state index in [0.717, 1.165) is 30.7 Å². The Labute approximate surface area is 306 Å². The van der Waals surface area contributed by atoms with Gasteiger partial charge in [-0.15, -0.1) is 0 Å². The van der Waals surface area contributed by atoms with E-state index in [4.69, 9.17) is 42.1 Å². The van der Waals surface area contributed by atoms with Gasteiger partial charge in [0.15, 0.2) is 11.5 Å². The molecule has 1 aromatic heterocycles. The molecule has 0 saturated carbocycles. The van der Waals surface area contributed by atoms with Crippen LogP contribution in [0.1, 0.15) is 51.4 Å². The molecular weight excluding hydrogens is 697 g/mol. The van der Waals surface area contributed by atoms with Gasteiger partial charge in [-0.1, -0.05) is 53.5 Å². The molecule has 3 fully saturated rings. The molecule has 0 radical (unpaired) electrons. The van der Waals surface area contributed by atoms with Crippen molar-refractivity contribution in [1.82, 2.24) is 4.90 Å². The number of halogens is 2. The van der Waals surface area contributed by atoms with Crippen LogP contribution in [0.3, 0.4) is 0 Å². The van der Waals surface area contributed by atoms with Gasteiger partial charge in [-0.3, -0.25) is 15.0 Å². The Kier molecular flexibility index (Phi) is 11.1. The van der Waals surface area contributed by atoms with Gasteiger partial charge in [0, 0.05) is 22.8 Å². The number of hydrogen-bond donors (Lipinski definition) is 2. The maximum atomic E-state index is 14.1. The van der Waals surface area contributed by atoms with E-state index in [2.05, 4.69) is 4.90 Å². The number of methoxy groups -OCH3 is 3. The van der Waals surface area contributed by atoms with Crippen LogP contribution in [0.15, 0.2) is 73.1 Å². The maximum Gasteiger partial charge on any atom is 0.415 e. The van der Waals surface area contributed by atoms with Crippen LogP contribution < -0.4 is 23.8 Å². The minimum Gasteiger partial charge on any atom is -0.495 e. The lowest BCUT2D eigenvalue weighted by atomic mass is 9.82. The molecule has 4 aromatic rings. The van der Waals surface area contributed by atoms with Crippen molar-refractivity contribution in [3.05, 3.63) is 111 Å². The zero-order chi connectivity index (χ0) is 36.2. The average molecular weight is 738 g/mol. The number of para-hydroxylation sites is 2. The van der Waals surface area contributed by atoms with Crippen molar-refractivity contribution in [1.29, 1.82) is 0 Å². The first-order chi connectivity index (χ1) is 24.6. The van der Waals surface area contributed by atoms with Crippen LogP contribution in [0.4, 0.5) is 10.5 Å². The summed E-state index contributed by atoms with van der Waals surface area (Å²) in [6.07, 6.45) is 4.02. The SMILES string of the molecule is COc1ccc([C@H](Cc2c(Cl)c[n+](O)cc2Cl)c2cc(CN(C(=O)O[C@H]3CN4CCC3CC4)c3ccccc3OC)ccc2C(=O)O)cc1OC. The third-order valence-corrected chi connectivity index (χ3v) is 10.4. The molecular formula is C38H40Cl2N3O8+. The molecule has 3 aliphatic rings. The van der Waals surface area contributed by atoms with Gasteiger partial charge < -0.3 is 24.1 Å². The third-order valence-electron chi connectivity index (χ3n) is 9.79. The molecule has 0 aliphatic carbocycles. The maximum absolute atomic E-state index is 14.1. The summed E-state index contributed by atoms with van der Waals surface area (Å²) >= 11 is 13.2. The number of aromatic nitrogens is 1. The second-order valence-corrected chi connectivity index (χ2v) is 13.5. The molecule has 4 heterocycles. The number of carboxylic acid groups (broad SMARTS) is 1. The largest absolute Gasteiger partial charge is 0.495 e. The van der Waals surface area contributed by atoms with Crippen LogP contribution >= 0.6 is 23.2 Å². The number of nitrogens with zero attached hydrogens (tertiary/aromatic N) is 3. The minimum absolute atomic E-state index is 0.0534. The Balaban J connectivity index is 1.44. The van der Waals surface area contributed by atoms with Crippen molar-refractivity contribution in [3.63, 3.8) is 0 Å². The molecule has 0 unspecified atom stereocenters. The predicted molar refractivity (Wildman–Crippen MR) is 191 cm³/mol. The Hall–Kier alpha value is -4.71. The van der Waals surface area contributed by atoms with Gasteiger partial charge in [0.05, 0.1) is 39.1 Å². The molecule has 2 bridgehead atoms. The number of benzene rings is 3. The first-order valence-corrected chi connectivity index (χ1v) is 17.4. The summed E-state index contributed by atoms with van der Waals surface area (Å²) in [6, 6.07) is 17.6. The quantitative estimate of drug-likeness (QED) is 0.119. The number of piperidine rings is 3. The number of fused-ring (bicyclic) bond motifs is 3. The van der Waals surface area contributed by atoms with E-state index in [1.807, 2.05) is 18.2 Å². The predicted octanol–water partition coefficient (Wildman–Crippen LogP) is 6.85. The van der Waals surface area contributed by atoms with Gasteiger partial charge in [-0.2, -0.15) is 0 Å². The van der Waals surface area contributed by atoms with Gasteiger partial charge in [0.1, 0.15) is 21.9 Å². The molecule has 3 aliphatic heterocycles. The van der Waals surface area contributed by atoms with E-state index in [-0.39, 0.29) is 34.7 Å². The van der Waals surface area contributed by atoms with Crippen molar-refractivity contribution in [2.24, 2.45) is 5.92 Å². The molecule has 0 spiro atoms. The summed E-state index contributed by atoms with van der Waals surface area (Å²) in [6.45, 7) is 2.77. The lowest BCUT2D eigenvalue weighted by molar-refractivity contribution is -0.904. The fourth-order valence-electron chi connectivity index (χ4n) is 7.13. The topological polar surface area (TPSA) is 122 Å². The monoisotopic (exact) mass is 736 g/mol. The molecule has 11 nitrogen and oxygen atoms in total. The number of carboxylic acids is 1. The number of ether oxygens (including phenoxy) is 4. The summed E-state index contributed by atoms with van der Waals surface area (Å²) in [5.74, 6) is -0.0205. The van der Waals surface area contributed by atoms with Crippen LogP contribution in [0.5, 0.6) is 17.2 Å². The zero-order valence-corrected chi connectivity index (χ0v) is 30.1. The van der Waals surface area contributed by atoms with Crippen molar-refractivity contribution in [3.8, 4) is 17.2 Å². The Morgan fingerprint density at radius 3 is 2.24 bits per heavy atom. The van der Waals surface area contributed by atoms with E-state index in [0.29, 0.717) is 57.7 Å². The number of amides is 1. The van der Waals surface area contributed by atoms with Crippen LogP contribution in [0, 0.1) is 5.92 Å². The fourth-order valence-corrected chi connectivity index (χ4v) is 7.74. The number of aromatic carboxylic acids is 1. The summed E-state index contributed by atoms with van der Waals surface area (Å²) in [7, 11) is 4.59. The molecule has 3 saturated heterocycles. The normalized spacial score (nSPS) is 18.5. The van der Waals surface area contributed by atoms with Crippen LogP contribution in [-0.2, 0) is 17.7 Å². The standard InChI is InChI=1S/C38H39Cl2N3O8/c1-48-33-7-5-4-6-32(33)43(38(46)51-36-22-41-14-12-24(36)13-15-41)19-23-8-10-26(37(44)45)28(16-23)27(18-29-30(39)20-42(47)21-31(29)40)25-9-11-34(49-2)35(17-25)50-3/h4-11,16-17,20-21,24,27,36H,12-15,18-19,22H2,1-3H3,(H-,44,45,47)/p+1/t27-,36-/m0/s1. The smallest absolute Gasteiger partial charge is 0.415 e. The molecule has 13 heteroatoms. The van der Waals surface area contributed by atoms with Crippen LogP contribution in [-0.4, -0.2) is 74.3 Å². The number of pyridine rings is 1. The Bertz CT molecular complexity index is 1890. The number of carbonyl (C=O) groups excluding carboxylic acids is 1. The number of carbonyl (C=O) groups is 2. The highest BCUT2D eigenvalue weighted by Gasteiger charge is 2.38. The summed E-state index contributed by atoms with van der Waals surface area (Å²) in [4.78, 5) is 30.8. The van der Waals surface area contributed by atoms with E-state index in [1.54, 1.807) is 43.5 Å². The molecule has 1 amide bonds. The average Bonchev–Trinajstić information content (AvgIpc) is 3.13. The van der Waals surface area contributed by atoms with E-state index in [1.165, 1.54) is 37.6 Å². The summed E-state index contributed by atoms with van der Waals surface area (Å²) < 4.78 is 23.7.